The second kappa shape index (κ2) is 2.31. The molecule has 0 aromatic heterocycles. The smallest absolute Gasteiger partial charge is 0.0164 e. The van der Waals surface area contributed by atoms with E-state index in [-0.39, 0.29) is 0 Å². The second-order valence-electron chi connectivity index (χ2n) is 2.57. The van der Waals surface area contributed by atoms with Gasteiger partial charge in [0.2, 0.25) is 0 Å². The van der Waals surface area contributed by atoms with E-state index in [1.165, 1.54) is 18.4 Å². The van der Waals surface area contributed by atoms with E-state index in [2.05, 4.69) is 18.8 Å². The van der Waals surface area contributed by atoms with E-state index in [1.807, 2.05) is 0 Å². The van der Waals surface area contributed by atoms with E-state index < -0.39 is 0 Å². The van der Waals surface area contributed by atoms with Crippen molar-refractivity contribution in [1.82, 2.24) is 5.32 Å². The summed E-state index contributed by atoms with van der Waals surface area (Å²) in [4.78, 5) is 0. The van der Waals surface area contributed by atoms with Crippen LogP contribution in [0.3, 0.4) is 0 Å². The Balaban J connectivity index is 2.29. The summed E-state index contributed by atoms with van der Waals surface area (Å²) in [7, 11) is 0. The molecule has 0 spiro atoms. The fourth-order valence-electron chi connectivity index (χ4n) is 0.930. The molecule has 0 saturated carbocycles. The van der Waals surface area contributed by atoms with Gasteiger partial charge < -0.3 is 5.32 Å². The van der Waals surface area contributed by atoms with Gasteiger partial charge in [-0.3, -0.25) is 0 Å². The largest absolute Gasteiger partial charge is 0.311 e. The zero-order valence-corrected chi connectivity index (χ0v) is 5.41. The van der Waals surface area contributed by atoms with Gasteiger partial charge in [0.05, 0.1) is 0 Å². The minimum atomic E-state index is 0.709. The highest BCUT2D eigenvalue weighted by molar-refractivity contribution is 5.00. The lowest BCUT2D eigenvalue weighted by molar-refractivity contribution is 0.488. The molecule has 0 aromatic rings. The predicted octanol–water partition coefficient (Wildman–Crippen LogP) is 1.31. The summed E-state index contributed by atoms with van der Waals surface area (Å²) >= 11 is 0. The zero-order valence-electron chi connectivity index (χ0n) is 5.41. The monoisotopic (exact) mass is 111 g/mol. The zero-order chi connectivity index (χ0) is 5.98. The molecule has 1 rings (SSSR count). The lowest BCUT2D eigenvalue weighted by atomic mass is 10.0. The van der Waals surface area contributed by atoms with Crippen LogP contribution in [0.25, 0.3) is 0 Å². The summed E-state index contributed by atoms with van der Waals surface area (Å²) in [5.74, 6) is 0. The van der Waals surface area contributed by atoms with E-state index in [0.717, 1.165) is 6.54 Å². The molecular formula is C7H13N. The highest BCUT2D eigenvalue weighted by Gasteiger charge is 2.07. The Morgan fingerprint density at radius 3 is 2.88 bits per heavy atom. The summed E-state index contributed by atoms with van der Waals surface area (Å²) in [5.41, 5.74) is 1.35. The number of hydrogen-bond acceptors (Lipinski definition) is 1. The highest BCUT2D eigenvalue weighted by Crippen LogP contribution is 2.09. The molecule has 1 aliphatic rings. The van der Waals surface area contributed by atoms with Gasteiger partial charge in [-0.2, -0.15) is 0 Å². The number of rotatable bonds is 0. The first-order valence-electron chi connectivity index (χ1n) is 3.19. The van der Waals surface area contributed by atoms with Gasteiger partial charge >= 0.3 is 0 Å². The molecule has 1 atom stereocenters. The normalized spacial score (nSPS) is 30.6. The van der Waals surface area contributed by atoms with Gasteiger partial charge in [0, 0.05) is 12.6 Å². The second-order valence-corrected chi connectivity index (χ2v) is 2.57. The number of hydrogen-bond donors (Lipinski definition) is 1. The van der Waals surface area contributed by atoms with Crippen LogP contribution in [0, 0.1) is 0 Å². The Morgan fingerprint density at radius 1 is 1.75 bits per heavy atom. The third-order valence-corrected chi connectivity index (χ3v) is 1.63. The molecule has 0 bridgehead atoms. The first-order chi connectivity index (χ1) is 3.79. The van der Waals surface area contributed by atoms with Crippen LogP contribution >= 0.6 is 0 Å². The van der Waals surface area contributed by atoms with E-state index in [0.29, 0.717) is 6.04 Å². The maximum absolute atomic E-state index is 3.89. The van der Waals surface area contributed by atoms with Crippen LogP contribution in [0.2, 0.25) is 0 Å². The summed E-state index contributed by atoms with van der Waals surface area (Å²) in [6.07, 6.45) is 2.48. The summed E-state index contributed by atoms with van der Waals surface area (Å²) in [6, 6.07) is 0.709. The van der Waals surface area contributed by atoms with Crippen molar-refractivity contribution in [2.24, 2.45) is 0 Å². The molecule has 0 radical (unpaired) electrons. The molecule has 1 nitrogen and oxygen atoms in total. The third-order valence-electron chi connectivity index (χ3n) is 1.63. The Kier molecular flexibility index (Phi) is 1.69. The Morgan fingerprint density at radius 2 is 2.50 bits per heavy atom. The SMILES string of the molecule is C=C1CCC(C)NC1. The van der Waals surface area contributed by atoms with E-state index >= 15 is 0 Å². The molecule has 0 amide bonds. The van der Waals surface area contributed by atoms with Crippen molar-refractivity contribution in [3.05, 3.63) is 12.2 Å². The molecule has 1 fully saturated rings. The fourth-order valence-corrected chi connectivity index (χ4v) is 0.930. The van der Waals surface area contributed by atoms with Crippen molar-refractivity contribution in [1.29, 1.82) is 0 Å². The molecule has 1 N–H and O–H groups in total. The van der Waals surface area contributed by atoms with E-state index in [9.17, 15) is 0 Å². The minimum absolute atomic E-state index is 0.709. The van der Waals surface area contributed by atoms with Crippen molar-refractivity contribution in [3.8, 4) is 0 Å². The van der Waals surface area contributed by atoms with Gasteiger partial charge in [-0.1, -0.05) is 12.2 Å². The number of piperidine rings is 1. The molecule has 1 heterocycles. The standard InChI is InChI=1S/C7H13N/c1-6-3-4-7(2)8-5-6/h7-8H,1,3-5H2,2H3. The lowest BCUT2D eigenvalue weighted by Crippen LogP contribution is -2.32. The van der Waals surface area contributed by atoms with Crippen LogP contribution in [0.15, 0.2) is 12.2 Å². The molecule has 8 heavy (non-hydrogen) atoms. The molecule has 1 saturated heterocycles. The molecule has 1 aliphatic heterocycles. The van der Waals surface area contributed by atoms with E-state index in [1.54, 1.807) is 0 Å². The van der Waals surface area contributed by atoms with Crippen molar-refractivity contribution >= 4 is 0 Å². The van der Waals surface area contributed by atoms with Crippen molar-refractivity contribution in [3.63, 3.8) is 0 Å². The lowest BCUT2D eigenvalue weighted by Gasteiger charge is -2.20. The van der Waals surface area contributed by atoms with Crippen molar-refractivity contribution in [2.75, 3.05) is 6.54 Å². The van der Waals surface area contributed by atoms with Crippen molar-refractivity contribution < 1.29 is 0 Å². The quantitative estimate of drug-likeness (QED) is 0.465. The van der Waals surface area contributed by atoms with Crippen LogP contribution in [-0.4, -0.2) is 12.6 Å². The Hall–Kier alpha value is -0.300. The molecular weight excluding hydrogens is 98.1 g/mol. The minimum Gasteiger partial charge on any atom is -0.311 e. The number of nitrogens with one attached hydrogen (secondary N) is 1. The third kappa shape index (κ3) is 1.34. The maximum Gasteiger partial charge on any atom is 0.0164 e. The van der Waals surface area contributed by atoms with Gasteiger partial charge in [0.15, 0.2) is 0 Å². The first-order valence-corrected chi connectivity index (χ1v) is 3.19. The van der Waals surface area contributed by atoms with Crippen molar-refractivity contribution in [2.45, 2.75) is 25.8 Å². The fraction of sp³-hybridized carbons (Fsp3) is 0.714. The van der Waals surface area contributed by atoms with Gasteiger partial charge in [-0.25, -0.2) is 0 Å². The van der Waals surface area contributed by atoms with Gasteiger partial charge in [-0.05, 0) is 19.8 Å². The maximum atomic E-state index is 3.89. The topological polar surface area (TPSA) is 12.0 Å². The predicted molar refractivity (Wildman–Crippen MR) is 35.8 cm³/mol. The van der Waals surface area contributed by atoms with Gasteiger partial charge in [0.1, 0.15) is 0 Å². The van der Waals surface area contributed by atoms with Crippen LogP contribution in [0.4, 0.5) is 0 Å². The molecule has 1 heteroatoms. The Bertz CT molecular complexity index is 86.6. The van der Waals surface area contributed by atoms with Crippen LogP contribution < -0.4 is 5.32 Å². The van der Waals surface area contributed by atoms with Crippen LogP contribution in [0.1, 0.15) is 19.8 Å². The first kappa shape index (κ1) is 5.83. The van der Waals surface area contributed by atoms with Gasteiger partial charge in [0.25, 0.3) is 0 Å². The molecule has 0 aromatic carbocycles. The van der Waals surface area contributed by atoms with Crippen LogP contribution in [0.5, 0.6) is 0 Å². The highest BCUT2D eigenvalue weighted by atomic mass is 14.9. The average molecular weight is 111 g/mol. The Labute approximate surface area is 50.8 Å². The van der Waals surface area contributed by atoms with E-state index in [4.69, 9.17) is 0 Å². The van der Waals surface area contributed by atoms with Gasteiger partial charge in [-0.15, -0.1) is 0 Å². The average Bonchev–Trinajstić information content (AvgIpc) is 1.77. The molecule has 0 aliphatic carbocycles. The summed E-state index contributed by atoms with van der Waals surface area (Å²) in [6.45, 7) is 7.13. The van der Waals surface area contributed by atoms with Crippen LogP contribution in [-0.2, 0) is 0 Å². The molecule has 46 valence electrons. The molecule has 1 unspecified atom stereocenters. The summed E-state index contributed by atoms with van der Waals surface area (Å²) < 4.78 is 0. The summed E-state index contributed by atoms with van der Waals surface area (Å²) in [5, 5.41) is 3.33.